The Kier molecular flexibility index (Phi) is 5.61. The van der Waals surface area contributed by atoms with E-state index in [0.29, 0.717) is 22.7 Å². The monoisotopic (exact) mass is 440 g/mol. The van der Waals surface area contributed by atoms with E-state index < -0.39 is 22.8 Å². The summed E-state index contributed by atoms with van der Waals surface area (Å²) in [5.74, 6) is -0.594. The standard InChI is InChI=1S/C21H20N4O5S/c1-2-16-21(27)24(15-9-12(25(28)29)7-8-17(15)30-16)11-19(26)23-20-14(10-22)13-5-3-4-6-18(13)31-20/h7-9,16H,2-6,11H2,1H3,(H,23,26). The van der Waals surface area contributed by atoms with Gasteiger partial charge in [-0.25, -0.2) is 0 Å². The average molecular weight is 440 g/mol. The predicted octanol–water partition coefficient (Wildman–Crippen LogP) is 3.55. The molecule has 1 aliphatic carbocycles. The highest BCUT2D eigenvalue weighted by molar-refractivity contribution is 7.16. The summed E-state index contributed by atoms with van der Waals surface area (Å²) in [5, 5.41) is 24.0. The van der Waals surface area contributed by atoms with Gasteiger partial charge in [-0.3, -0.25) is 24.6 Å². The number of ether oxygens (including phenoxy) is 1. The largest absolute Gasteiger partial charge is 0.478 e. The lowest BCUT2D eigenvalue weighted by Crippen LogP contribution is -2.48. The smallest absolute Gasteiger partial charge is 0.271 e. The number of nitrogens with one attached hydrogen (secondary N) is 1. The lowest BCUT2D eigenvalue weighted by Gasteiger charge is -2.33. The molecule has 2 aliphatic rings. The molecule has 9 nitrogen and oxygen atoms in total. The van der Waals surface area contributed by atoms with Crippen LogP contribution in [-0.4, -0.2) is 29.4 Å². The summed E-state index contributed by atoms with van der Waals surface area (Å²) in [6.07, 6.45) is 3.41. The number of hydrogen-bond acceptors (Lipinski definition) is 7. The summed E-state index contributed by atoms with van der Waals surface area (Å²) in [6, 6.07) is 6.17. The number of fused-ring (bicyclic) bond motifs is 2. The van der Waals surface area contributed by atoms with Crippen molar-refractivity contribution in [3.8, 4) is 11.8 Å². The maximum Gasteiger partial charge on any atom is 0.271 e. The Morgan fingerprint density at radius 2 is 2.19 bits per heavy atom. The first-order chi connectivity index (χ1) is 14.9. The SMILES string of the molecule is CCC1Oc2ccc([N+](=O)[O-])cc2N(CC(=O)Nc2sc3c(c2C#N)CCCC3)C1=O. The minimum atomic E-state index is -0.773. The van der Waals surface area contributed by atoms with E-state index in [-0.39, 0.29) is 17.9 Å². The lowest BCUT2D eigenvalue weighted by molar-refractivity contribution is -0.384. The van der Waals surface area contributed by atoms with Crippen molar-refractivity contribution in [1.29, 1.82) is 5.26 Å². The van der Waals surface area contributed by atoms with Gasteiger partial charge in [-0.15, -0.1) is 11.3 Å². The number of thiophene rings is 1. The molecular weight excluding hydrogens is 420 g/mol. The first-order valence-corrected chi connectivity index (χ1v) is 10.9. The van der Waals surface area contributed by atoms with Crippen LogP contribution in [0.5, 0.6) is 5.75 Å². The third kappa shape index (κ3) is 3.84. The van der Waals surface area contributed by atoms with Crippen molar-refractivity contribution in [3.05, 3.63) is 44.3 Å². The molecule has 1 aromatic carbocycles. The van der Waals surface area contributed by atoms with E-state index in [0.717, 1.165) is 36.1 Å². The van der Waals surface area contributed by atoms with Crippen LogP contribution in [0.25, 0.3) is 0 Å². The Morgan fingerprint density at radius 3 is 2.90 bits per heavy atom. The molecule has 1 unspecified atom stereocenters. The van der Waals surface area contributed by atoms with Gasteiger partial charge in [0, 0.05) is 17.0 Å². The highest BCUT2D eigenvalue weighted by atomic mass is 32.1. The lowest BCUT2D eigenvalue weighted by atomic mass is 9.96. The van der Waals surface area contributed by atoms with Crippen molar-refractivity contribution < 1.29 is 19.2 Å². The minimum Gasteiger partial charge on any atom is -0.478 e. The van der Waals surface area contributed by atoms with Crippen LogP contribution in [0.1, 0.15) is 42.2 Å². The zero-order valence-corrected chi connectivity index (χ0v) is 17.7. The molecule has 4 rings (SSSR count). The molecule has 0 radical (unpaired) electrons. The number of nitriles is 1. The van der Waals surface area contributed by atoms with Gasteiger partial charge in [-0.05, 0) is 43.7 Å². The highest BCUT2D eigenvalue weighted by Gasteiger charge is 2.36. The molecule has 1 atom stereocenters. The zero-order chi connectivity index (χ0) is 22.1. The van der Waals surface area contributed by atoms with E-state index in [9.17, 15) is 25.0 Å². The Morgan fingerprint density at radius 1 is 1.42 bits per heavy atom. The van der Waals surface area contributed by atoms with Crippen molar-refractivity contribution >= 4 is 39.5 Å². The molecular formula is C21H20N4O5S. The van der Waals surface area contributed by atoms with Crippen LogP contribution in [0.3, 0.4) is 0 Å². The zero-order valence-electron chi connectivity index (χ0n) is 16.8. The molecule has 31 heavy (non-hydrogen) atoms. The van der Waals surface area contributed by atoms with Crippen LogP contribution in [0.4, 0.5) is 16.4 Å². The third-order valence-electron chi connectivity index (χ3n) is 5.46. The van der Waals surface area contributed by atoms with Gasteiger partial charge < -0.3 is 10.1 Å². The van der Waals surface area contributed by atoms with Gasteiger partial charge in [0.1, 0.15) is 23.4 Å². The topological polar surface area (TPSA) is 126 Å². The summed E-state index contributed by atoms with van der Waals surface area (Å²) in [5.41, 5.74) is 1.48. The number of nitro benzene ring substituents is 1. The first-order valence-electron chi connectivity index (χ1n) is 10.0. The molecule has 0 bridgehead atoms. The second-order valence-electron chi connectivity index (χ2n) is 7.42. The molecule has 2 aromatic rings. The molecule has 1 aliphatic heterocycles. The number of carbonyl (C=O) groups is 2. The molecule has 0 spiro atoms. The maximum atomic E-state index is 12.9. The van der Waals surface area contributed by atoms with Crippen LogP contribution in [0.2, 0.25) is 0 Å². The van der Waals surface area contributed by atoms with Crippen molar-refractivity contribution in [2.24, 2.45) is 0 Å². The summed E-state index contributed by atoms with van der Waals surface area (Å²) < 4.78 is 5.66. The third-order valence-corrected chi connectivity index (χ3v) is 6.67. The van der Waals surface area contributed by atoms with Crippen LogP contribution < -0.4 is 15.0 Å². The van der Waals surface area contributed by atoms with E-state index in [1.165, 1.54) is 34.4 Å². The number of aryl methyl sites for hydroxylation is 1. The molecule has 2 amide bonds. The van der Waals surface area contributed by atoms with Gasteiger partial charge in [0.05, 0.1) is 16.2 Å². The number of hydrogen-bond donors (Lipinski definition) is 1. The van der Waals surface area contributed by atoms with Gasteiger partial charge in [-0.2, -0.15) is 5.26 Å². The number of nitrogens with zero attached hydrogens (tertiary/aromatic N) is 3. The van der Waals surface area contributed by atoms with E-state index >= 15 is 0 Å². The van der Waals surface area contributed by atoms with Gasteiger partial charge in [0.25, 0.3) is 11.6 Å². The van der Waals surface area contributed by atoms with E-state index in [2.05, 4.69) is 11.4 Å². The fraction of sp³-hybridized carbons (Fsp3) is 0.381. The normalized spacial score (nSPS) is 17.2. The number of amides is 2. The van der Waals surface area contributed by atoms with Crippen LogP contribution >= 0.6 is 11.3 Å². The van der Waals surface area contributed by atoms with E-state index in [4.69, 9.17) is 4.74 Å². The van der Waals surface area contributed by atoms with Gasteiger partial charge >= 0.3 is 0 Å². The fourth-order valence-corrected chi connectivity index (χ4v) is 5.19. The highest BCUT2D eigenvalue weighted by Crippen LogP contribution is 2.39. The Balaban J connectivity index is 1.61. The van der Waals surface area contributed by atoms with Gasteiger partial charge in [0.2, 0.25) is 5.91 Å². The number of benzene rings is 1. The summed E-state index contributed by atoms with van der Waals surface area (Å²) in [4.78, 5) is 38.7. The fourth-order valence-electron chi connectivity index (χ4n) is 3.93. The van der Waals surface area contributed by atoms with Crippen LogP contribution in [0.15, 0.2) is 18.2 Å². The first kappa shape index (κ1) is 20.8. The molecule has 0 saturated carbocycles. The second kappa shape index (κ2) is 8.35. The van der Waals surface area contributed by atoms with Crippen molar-refractivity contribution in [3.63, 3.8) is 0 Å². The number of non-ortho nitro benzene ring substituents is 1. The molecule has 1 aromatic heterocycles. The number of carbonyl (C=O) groups excluding carboxylic acids is 2. The van der Waals surface area contributed by atoms with E-state index in [1.807, 2.05) is 0 Å². The molecule has 2 heterocycles. The van der Waals surface area contributed by atoms with E-state index in [1.54, 1.807) is 6.92 Å². The summed E-state index contributed by atoms with van der Waals surface area (Å²) >= 11 is 1.40. The number of anilines is 2. The predicted molar refractivity (Wildman–Crippen MR) is 114 cm³/mol. The Hall–Kier alpha value is -3.45. The molecule has 160 valence electrons. The van der Waals surface area contributed by atoms with Crippen molar-refractivity contribution in [2.45, 2.75) is 45.1 Å². The Bertz CT molecular complexity index is 1120. The minimum absolute atomic E-state index is 0.185. The van der Waals surface area contributed by atoms with Gasteiger partial charge in [0.15, 0.2) is 6.10 Å². The average Bonchev–Trinajstić information content (AvgIpc) is 3.11. The second-order valence-corrected chi connectivity index (χ2v) is 8.53. The van der Waals surface area contributed by atoms with Crippen LogP contribution in [-0.2, 0) is 22.4 Å². The maximum absolute atomic E-state index is 12.9. The van der Waals surface area contributed by atoms with Gasteiger partial charge in [-0.1, -0.05) is 6.92 Å². The van der Waals surface area contributed by atoms with Crippen molar-refractivity contribution in [2.75, 3.05) is 16.8 Å². The van der Waals surface area contributed by atoms with Crippen molar-refractivity contribution in [1.82, 2.24) is 0 Å². The van der Waals surface area contributed by atoms with Crippen LogP contribution in [0, 0.1) is 21.4 Å². The number of nitro groups is 1. The molecule has 1 N–H and O–H groups in total. The summed E-state index contributed by atoms with van der Waals surface area (Å²) in [6.45, 7) is 1.45. The summed E-state index contributed by atoms with van der Waals surface area (Å²) in [7, 11) is 0. The molecule has 10 heteroatoms. The number of rotatable bonds is 5. The Labute approximate surface area is 182 Å². The molecule has 0 fully saturated rings. The quantitative estimate of drug-likeness (QED) is 0.560. The molecule has 0 saturated heterocycles.